The second-order valence-corrected chi connectivity index (χ2v) is 4.87. The van der Waals surface area contributed by atoms with Gasteiger partial charge in [-0.1, -0.05) is 30.4 Å². The molecule has 1 heterocycles. The first-order valence-corrected chi connectivity index (χ1v) is 6.73. The number of nitrogens with two attached hydrogens (primary N) is 2. The van der Waals surface area contributed by atoms with Gasteiger partial charge in [-0.2, -0.15) is 0 Å². The number of carbonyl (C=O) groups is 1. The van der Waals surface area contributed by atoms with Crippen LogP contribution in [0.4, 0.5) is 11.5 Å². The largest absolute Gasteiger partial charge is 0.393 e. The van der Waals surface area contributed by atoms with E-state index in [4.69, 9.17) is 23.7 Å². The molecule has 1 aromatic carbocycles. The maximum Gasteiger partial charge on any atom is 0.269 e. The number of hydrogen-bond acceptors (Lipinski definition) is 5. The van der Waals surface area contributed by atoms with Crippen molar-refractivity contribution in [1.29, 1.82) is 0 Å². The van der Waals surface area contributed by atoms with E-state index in [2.05, 4.69) is 10.2 Å². The normalized spacial score (nSPS) is 10.1. The number of anilines is 2. The first kappa shape index (κ1) is 14.9. The molecule has 0 unspecified atom stereocenters. The van der Waals surface area contributed by atoms with Crippen molar-refractivity contribution in [2.45, 2.75) is 6.42 Å². The molecule has 1 aromatic heterocycles. The molecule has 0 fully saturated rings. The van der Waals surface area contributed by atoms with Crippen LogP contribution in [0.15, 0.2) is 42.5 Å². The highest BCUT2D eigenvalue weighted by molar-refractivity contribution is 7.80. The fourth-order valence-electron chi connectivity index (χ4n) is 1.81. The van der Waals surface area contributed by atoms with Gasteiger partial charge in [-0.05, 0) is 24.3 Å². The highest BCUT2D eigenvalue weighted by Crippen LogP contribution is 2.22. The Morgan fingerprint density at radius 2 is 1.81 bits per heavy atom. The van der Waals surface area contributed by atoms with E-state index in [-0.39, 0.29) is 5.69 Å². The first-order valence-electron chi connectivity index (χ1n) is 6.32. The lowest BCUT2D eigenvalue weighted by atomic mass is 10.2. The van der Waals surface area contributed by atoms with Crippen LogP contribution in [-0.2, 0) is 0 Å². The van der Waals surface area contributed by atoms with Gasteiger partial charge in [-0.3, -0.25) is 4.79 Å². The van der Waals surface area contributed by atoms with Crippen LogP contribution in [0.3, 0.4) is 0 Å². The average Bonchev–Trinajstić information content (AvgIpc) is 2.49. The van der Waals surface area contributed by atoms with Crippen molar-refractivity contribution in [3.05, 3.63) is 48.2 Å². The molecule has 2 rings (SSSR count). The van der Waals surface area contributed by atoms with Gasteiger partial charge in [-0.25, -0.2) is 0 Å². The third-order valence-electron chi connectivity index (χ3n) is 2.83. The number of benzene rings is 1. The molecule has 0 radical (unpaired) electrons. The van der Waals surface area contributed by atoms with Crippen molar-refractivity contribution in [1.82, 2.24) is 10.2 Å². The summed E-state index contributed by atoms with van der Waals surface area (Å²) < 4.78 is 0. The van der Waals surface area contributed by atoms with Crippen LogP contribution in [0.5, 0.6) is 0 Å². The van der Waals surface area contributed by atoms with Crippen LogP contribution in [0.25, 0.3) is 0 Å². The minimum absolute atomic E-state index is 0.126. The Hall–Kier alpha value is -2.54. The maximum atomic E-state index is 11.0. The minimum Gasteiger partial charge on any atom is -0.393 e. The fourth-order valence-corrected chi connectivity index (χ4v) is 1.90. The predicted octanol–water partition coefficient (Wildman–Crippen LogP) is 1.39. The highest BCUT2D eigenvalue weighted by Gasteiger charge is 2.12. The molecular weight excluding hydrogens is 286 g/mol. The third-order valence-corrected chi connectivity index (χ3v) is 3.03. The van der Waals surface area contributed by atoms with Crippen LogP contribution >= 0.6 is 12.2 Å². The Balaban J connectivity index is 2.30. The molecule has 0 atom stereocenters. The van der Waals surface area contributed by atoms with E-state index < -0.39 is 5.91 Å². The van der Waals surface area contributed by atoms with Gasteiger partial charge < -0.3 is 16.4 Å². The number of hydrogen-bond donors (Lipinski definition) is 2. The molecule has 0 saturated heterocycles. The molecule has 0 aliphatic carbocycles. The summed E-state index contributed by atoms with van der Waals surface area (Å²) in [7, 11) is 0. The number of para-hydroxylation sites is 1. The molecule has 4 N–H and O–H groups in total. The number of amides is 1. The first-order chi connectivity index (χ1) is 10.1. The van der Waals surface area contributed by atoms with E-state index >= 15 is 0 Å². The summed E-state index contributed by atoms with van der Waals surface area (Å²) in [5, 5.41) is 7.87. The van der Waals surface area contributed by atoms with Crippen molar-refractivity contribution in [2.24, 2.45) is 11.5 Å². The lowest BCUT2D eigenvalue weighted by Gasteiger charge is -2.23. The lowest BCUT2D eigenvalue weighted by molar-refractivity contribution is 0.0994. The molecule has 2 aromatic rings. The summed E-state index contributed by atoms with van der Waals surface area (Å²) in [6, 6.07) is 12.9. The van der Waals surface area contributed by atoms with Gasteiger partial charge in [0.25, 0.3) is 5.91 Å². The average molecular weight is 301 g/mol. The van der Waals surface area contributed by atoms with Gasteiger partial charge in [0.2, 0.25) is 0 Å². The molecule has 0 aliphatic rings. The molecule has 0 bridgehead atoms. The van der Waals surface area contributed by atoms with E-state index in [0.29, 0.717) is 23.8 Å². The van der Waals surface area contributed by atoms with Gasteiger partial charge in [0.1, 0.15) is 0 Å². The molecule has 0 aliphatic heterocycles. The van der Waals surface area contributed by atoms with Gasteiger partial charge >= 0.3 is 0 Å². The standard InChI is InChI=1S/C14H15N5OS/c15-12(21)8-9-19(10-4-2-1-3-5-10)13-7-6-11(14(16)20)17-18-13/h1-7H,8-9H2,(H2,15,21)(H2,16,20). The Labute approximate surface area is 127 Å². The second kappa shape index (κ2) is 6.76. The molecule has 1 amide bonds. The van der Waals surface area contributed by atoms with E-state index in [1.165, 1.54) is 0 Å². The van der Waals surface area contributed by atoms with E-state index in [9.17, 15) is 4.79 Å². The maximum absolute atomic E-state index is 11.0. The Morgan fingerprint density at radius 1 is 1.10 bits per heavy atom. The summed E-state index contributed by atoms with van der Waals surface area (Å²) in [6.07, 6.45) is 0.545. The van der Waals surface area contributed by atoms with Gasteiger partial charge in [-0.15, -0.1) is 10.2 Å². The van der Waals surface area contributed by atoms with E-state index in [0.717, 1.165) is 5.69 Å². The number of aromatic nitrogens is 2. The number of primary amides is 1. The zero-order chi connectivity index (χ0) is 15.2. The fraction of sp³-hybridized carbons (Fsp3) is 0.143. The van der Waals surface area contributed by atoms with Crippen molar-refractivity contribution in [3.63, 3.8) is 0 Å². The van der Waals surface area contributed by atoms with Gasteiger partial charge in [0.15, 0.2) is 11.5 Å². The molecule has 6 nitrogen and oxygen atoms in total. The van der Waals surface area contributed by atoms with Crippen LogP contribution in [0.1, 0.15) is 16.9 Å². The van der Waals surface area contributed by atoms with Crippen LogP contribution < -0.4 is 16.4 Å². The molecule has 7 heteroatoms. The quantitative estimate of drug-likeness (QED) is 0.782. The van der Waals surface area contributed by atoms with E-state index in [1.54, 1.807) is 12.1 Å². The monoisotopic (exact) mass is 301 g/mol. The second-order valence-electron chi connectivity index (χ2n) is 4.34. The molecule has 108 valence electrons. The lowest BCUT2D eigenvalue weighted by Crippen LogP contribution is -2.24. The molecule has 0 saturated carbocycles. The smallest absolute Gasteiger partial charge is 0.269 e. The number of thiocarbonyl (C=S) groups is 1. The number of carbonyl (C=O) groups excluding carboxylic acids is 1. The summed E-state index contributed by atoms with van der Waals surface area (Å²) in [4.78, 5) is 13.4. The summed E-state index contributed by atoms with van der Waals surface area (Å²) in [5.41, 5.74) is 11.8. The van der Waals surface area contributed by atoms with Gasteiger partial charge in [0.05, 0.1) is 4.99 Å². The molecule has 21 heavy (non-hydrogen) atoms. The Kier molecular flexibility index (Phi) is 4.78. The SMILES string of the molecule is NC(=O)c1ccc(N(CCC(N)=S)c2ccccc2)nn1. The van der Waals surface area contributed by atoms with Crippen LogP contribution in [0.2, 0.25) is 0 Å². The van der Waals surface area contributed by atoms with Crippen molar-refractivity contribution >= 4 is 34.6 Å². The number of nitrogens with zero attached hydrogens (tertiary/aromatic N) is 3. The highest BCUT2D eigenvalue weighted by atomic mass is 32.1. The topological polar surface area (TPSA) is 98.1 Å². The minimum atomic E-state index is -0.608. The van der Waals surface area contributed by atoms with Crippen molar-refractivity contribution in [2.75, 3.05) is 11.4 Å². The Morgan fingerprint density at radius 3 is 2.33 bits per heavy atom. The summed E-state index contributed by atoms with van der Waals surface area (Å²) in [5.74, 6) is -0.00843. The molecule has 0 spiro atoms. The van der Waals surface area contributed by atoms with Crippen LogP contribution in [-0.4, -0.2) is 27.6 Å². The molecular formula is C14H15N5OS. The van der Waals surface area contributed by atoms with Gasteiger partial charge in [0, 0.05) is 18.7 Å². The summed E-state index contributed by atoms with van der Waals surface area (Å²) >= 11 is 4.92. The predicted molar refractivity (Wildman–Crippen MR) is 85.4 cm³/mol. The zero-order valence-electron chi connectivity index (χ0n) is 11.3. The Bertz CT molecular complexity index is 630. The van der Waals surface area contributed by atoms with Crippen molar-refractivity contribution < 1.29 is 4.79 Å². The zero-order valence-corrected chi connectivity index (χ0v) is 12.1. The van der Waals surface area contributed by atoms with Crippen LogP contribution in [0, 0.1) is 0 Å². The van der Waals surface area contributed by atoms with E-state index in [1.807, 2.05) is 35.2 Å². The number of rotatable bonds is 6. The van der Waals surface area contributed by atoms with Crippen molar-refractivity contribution in [3.8, 4) is 0 Å². The third kappa shape index (κ3) is 3.96. The summed E-state index contributed by atoms with van der Waals surface area (Å²) in [6.45, 7) is 0.573.